The van der Waals surface area contributed by atoms with Crippen molar-refractivity contribution in [2.24, 2.45) is 0 Å². The molecule has 0 atom stereocenters. The summed E-state index contributed by atoms with van der Waals surface area (Å²) in [5.74, 6) is -1.01. The third kappa shape index (κ3) is 17.5. The van der Waals surface area contributed by atoms with Crippen molar-refractivity contribution in [2.45, 2.75) is 45.6 Å². The summed E-state index contributed by atoms with van der Waals surface area (Å²) in [6, 6.07) is 0.685. The molecule has 0 fully saturated rings. The molecule has 0 saturated carbocycles. The highest BCUT2D eigenvalue weighted by molar-refractivity contribution is 5.64. The second-order valence-corrected chi connectivity index (χ2v) is 3.15. The van der Waals surface area contributed by atoms with E-state index in [-0.39, 0.29) is 6.42 Å². The van der Waals surface area contributed by atoms with Gasteiger partial charge in [0.2, 0.25) is 0 Å². The van der Waals surface area contributed by atoms with Gasteiger partial charge in [0.1, 0.15) is 0 Å². The smallest absolute Gasteiger partial charge is 0.0838 e. The molecule has 0 heterocycles. The van der Waals surface area contributed by atoms with E-state index in [9.17, 15) is 9.90 Å². The first-order valence-electron chi connectivity index (χ1n) is 5.10. The van der Waals surface area contributed by atoms with Gasteiger partial charge in [-0.1, -0.05) is 13.8 Å². The van der Waals surface area contributed by atoms with Crippen molar-refractivity contribution < 1.29 is 20.4 Å². The van der Waals surface area contributed by atoms with Gasteiger partial charge >= 0.3 is 0 Å². The van der Waals surface area contributed by atoms with Gasteiger partial charge in [0, 0.05) is 19.7 Å². The quantitative estimate of drug-likeness (QED) is 0.598. The lowest BCUT2D eigenvalue weighted by molar-refractivity contribution is -0.420. The molecule has 0 radical (unpaired) electrons. The zero-order chi connectivity index (χ0) is 11.4. The van der Waals surface area contributed by atoms with E-state index in [0.29, 0.717) is 19.1 Å². The average molecular weight is 205 g/mol. The lowest BCUT2D eigenvalue weighted by Crippen LogP contribution is -2.60. The normalized spacial score (nSPS) is 9.50. The van der Waals surface area contributed by atoms with Crippen LogP contribution in [-0.4, -0.2) is 25.7 Å². The molecule has 0 aliphatic rings. The summed E-state index contributed by atoms with van der Waals surface area (Å²) in [6.07, 6.45) is 3.07. The van der Waals surface area contributed by atoms with Crippen LogP contribution in [0.3, 0.4) is 0 Å². The summed E-state index contributed by atoms with van der Waals surface area (Å²) in [7, 11) is 1.54. The third-order valence-electron chi connectivity index (χ3n) is 1.88. The Morgan fingerprint density at radius 2 is 1.93 bits per heavy atom. The molecule has 0 amide bonds. The van der Waals surface area contributed by atoms with Gasteiger partial charge < -0.3 is 20.4 Å². The fraction of sp³-hybridized carbons (Fsp3) is 0.900. The largest absolute Gasteiger partial charge is 0.550 e. The van der Waals surface area contributed by atoms with Crippen LogP contribution in [0.25, 0.3) is 0 Å². The van der Waals surface area contributed by atoms with Gasteiger partial charge in [-0.15, -0.1) is 0 Å². The van der Waals surface area contributed by atoms with Crippen LogP contribution in [0.4, 0.5) is 0 Å². The predicted molar refractivity (Wildman–Crippen MR) is 53.4 cm³/mol. The number of ether oxygens (including phenoxy) is 1. The zero-order valence-electron chi connectivity index (χ0n) is 9.54. The number of carbonyl (C=O) groups excluding carboxylic acids is 1. The second-order valence-electron chi connectivity index (χ2n) is 3.15. The maximum atomic E-state index is 9.71. The first kappa shape index (κ1) is 15.8. The molecule has 0 saturated heterocycles. The van der Waals surface area contributed by atoms with E-state index in [4.69, 9.17) is 0 Å². The van der Waals surface area contributed by atoms with Crippen LogP contribution in [0.2, 0.25) is 0 Å². The van der Waals surface area contributed by atoms with Crippen molar-refractivity contribution in [3.05, 3.63) is 0 Å². The summed E-state index contributed by atoms with van der Waals surface area (Å²) in [4.78, 5) is 9.71. The van der Waals surface area contributed by atoms with Crippen molar-refractivity contribution in [3.63, 3.8) is 0 Å². The third-order valence-corrected chi connectivity index (χ3v) is 1.88. The predicted octanol–water partition coefficient (Wildman–Crippen LogP) is -0.420. The minimum absolute atomic E-state index is 0.0911. The SMILES string of the molecule is CCC([NH3+])CC.COCCCC(=O)[O-]. The van der Waals surface area contributed by atoms with Crippen molar-refractivity contribution in [3.8, 4) is 0 Å². The minimum atomic E-state index is -1.01. The van der Waals surface area contributed by atoms with Crippen LogP contribution < -0.4 is 10.8 Å². The van der Waals surface area contributed by atoms with Crippen molar-refractivity contribution in [1.29, 1.82) is 0 Å². The van der Waals surface area contributed by atoms with Crippen molar-refractivity contribution >= 4 is 5.97 Å². The highest BCUT2D eigenvalue weighted by atomic mass is 16.5. The molecule has 4 heteroatoms. The van der Waals surface area contributed by atoms with Crippen molar-refractivity contribution in [1.82, 2.24) is 0 Å². The maximum absolute atomic E-state index is 9.71. The number of carbonyl (C=O) groups is 1. The summed E-state index contributed by atoms with van der Waals surface area (Å²) in [6.45, 7) is 4.83. The first-order valence-corrected chi connectivity index (χ1v) is 5.10. The van der Waals surface area contributed by atoms with Crippen LogP contribution in [0, 0.1) is 0 Å². The fourth-order valence-electron chi connectivity index (χ4n) is 0.650. The molecule has 14 heavy (non-hydrogen) atoms. The van der Waals surface area contributed by atoms with Gasteiger partial charge in [-0.25, -0.2) is 0 Å². The molecule has 0 rings (SSSR count). The van der Waals surface area contributed by atoms with E-state index in [1.165, 1.54) is 20.0 Å². The van der Waals surface area contributed by atoms with E-state index in [0.717, 1.165) is 0 Å². The number of aliphatic carboxylic acids is 1. The summed E-state index contributed by atoms with van der Waals surface area (Å²) >= 11 is 0. The number of rotatable bonds is 6. The van der Waals surface area contributed by atoms with Gasteiger partial charge in [-0.05, 0) is 25.7 Å². The van der Waals surface area contributed by atoms with Crippen LogP contribution in [0.1, 0.15) is 39.5 Å². The molecule has 0 spiro atoms. The van der Waals surface area contributed by atoms with Crippen molar-refractivity contribution in [2.75, 3.05) is 13.7 Å². The van der Waals surface area contributed by atoms with E-state index in [1.807, 2.05) is 0 Å². The highest BCUT2D eigenvalue weighted by Gasteiger charge is 1.93. The lowest BCUT2D eigenvalue weighted by Gasteiger charge is -1.98. The van der Waals surface area contributed by atoms with Crippen LogP contribution >= 0.6 is 0 Å². The van der Waals surface area contributed by atoms with Gasteiger partial charge in [-0.3, -0.25) is 0 Å². The van der Waals surface area contributed by atoms with Crippen LogP contribution in [-0.2, 0) is 9.53 Å². The fourth-order valence-corrected chi connectivity index (χ4v) is 0.650. The second kappa shape index (κ2) is 12.4. The molecule has 0 aromatic rings. The number of methoxy groups -OCH3 is 1. The van der Waals surface area contributed by atoms with Gasteiger partial charge in [-0.2, -0.15) is 0 Å². The van der Waals surface area contributed by atoms with E-state index in [1.54, 1.807) is 0 Å². The number of hydrogen-bond acceptors (Lipinski definition) is 3. The standard InChI is InChI=1S/C5H13N.C5H10O3/c1-3-5(6)4-2;1-8-4-2-3-5(6)7/h5H,3-4,6H2,1-2H3;2-4H2,1H3,(H,6,7). The van der Waals surface area contributed by atoms with E-state index in [2.05, 4.69) is 24.3 Å². The van der Waals surface area contributed by atoms with E-state index < -0.39 is 5.97 Å². The van der Waals surface area contributed by atoms with Gasteiger partial charge in [0.05, 0.1) is 6.04 Å². The molecular weight excluding hydrogens is 182 g/mol. The first-order chi connectivity index (χ1) is 6.58. The zero-order valence-corrected chi connectivity index (χ0v) is 9.54. The molecule has 0 aromatic heterocycles. The Balaban J connectivity index is 0. The Hall–Kier alpha value is -0.610. The minimum Gasteiger partial charge on any atom is -0.550 e. The number of carboxylic acids is 1. The number of carboxylic acid groups (broad SMARTS) is 1. The lowest BCUT2D eigenvalue weighted by atomic mass is 10.2. The average Bonchev–Trinajstić information content (AvgIpc) is 2.17. The molecule has 0 aromatic carbocycles. The number of hydrogen-bond donors (Lipinski definition) is 1. The van der Waals surface area contributed by atoms with Crippen LogP contribution in [0.5, 0.6) is 0 Å². The summed E-state index contributed by atoms with van der Waals surface area (Å²) < 4.78 is 4.60. The summed E-state index contributed by atoms with van der Waals surface area (Å²) in [5, 5.41) is 9.71. The molecule has 0 aliphatic heterocycles. The Morgan fingerprint density at radius 1 is 1.43 bits per heavy atom. The molecule has 0 unspecified atom stereocenters. The Labute approximate surface area is 86.4 Å². The molecular formula is C10H23NO3. The highest BCUT2D eigenvalue weighted by Crippen LogP contribution is 1.85. The molecule has 0 aliphatic carbocycles. The van der Waals surface area contributed by atoms with E-state index >= 15 is 0 Å². The van der Waals surface area contributed by atoms with Gasteiger partial charge in [0.25, 0.3) is 0 Å². The van der Waals surface area contributed by atoms with Gasteiger partial charge in [0.15, 0.2) is 0 Å². The monoisotopic (exact) mass is 205 g/mol. The topological polar surface area (TPSA) is 77.0 Å². The Morgan fingerprint density at radius 3 is 2.14 bits per heavy atom. The number of quaternary nitrogens is 1. The Bertz CT molecular complexity index is 125. The van der Waals surface area contributed by atoms with Crippen LogP contribution in [0.15, 0.2) is 0 Å². The summed E-state index contributed by atoms with van der Waals surface area (Å²) in [5.41, 5.74) is 3.88. The maximum Gasteiger partial charge on any atom is 0.0838 e. The molecule has 0 bridgehead atoms. The molecule has 4 nitrogen and oxygen atoms in total. The molecule has 3 N–H and O–H groups in total. The Kier molecular flexibility index (Phi) is 14.0. The molecule has 86 valence electrons.